The summed E-state index contributed by atoms with van der Waals surface area (Å²) in [5, 5.41) is 0.437. The number of nitrogens with zero attached hydrogens (tertiary/aromatic N) is 1. The summed E-state index contributed by atoms with van der Waals surface area (Å²) in [5.74, 6) is 0.638. The zero-order chi connectivity index (χ0) is 19.5. The molecule has 0 fully saturated rings. The second-order valence-corrected chi connectivity index (χ2v) is 6.26. The first-order valence-corrected chi connectivity index (χ1v) is 9.26. The molecule has 0 atom stereocenters. The highest BCUT2D eigenvalue weighted by atomic mass is 35.5. The zero-order valence-electron chi connectivity index (χ0n) is 15.6. The van der Waals surface area contributed by atoms with Gasteiger partial charge in [0, 0.05) is 18.5 Å². The third kappa shape index (κ3) is 6.94. The number of ether oxygens (including phenoxy) is 3. The molecular formula is C21H24ClNO4. The van der Waals surface area contributed by atoms with Crippen molar-refractivity contribution in [3.63, 3.8) is 0 Å². The van der Waals surface area contributed by atoms with Crippen molar-refractivity contribution >= 4 is 23.6 Å². The predicted octanol–water partition coefficient (Wildman–Crippen LogP) is 4.72. The van der Waals surface area contributed by atoms with Gasteiger partial charge in [0.2, 0.25) is 0 Å². The van der Waals surface area contributed by atoms with Gasteiger partial charge < -0.3 is 14.2 Å². The molecule has 0 spiro atoms. The third-order valence-electron chi connectivity index (χ3n) is 3.69. The Labute approximate surface area is 164 Å². The number of pyridine rings is 1. The Morgan fingerprint density at radius 3 is 2.85 bits per heavy atom. The number of halogens is 1. The van der Waals surface area contributed by atoms with Crippen molar-refractivity contribution in [1.82, 2.24) is 4.98 Å². The third-order valence-corrected chi connectivity index (χ3v) is 3.97. The lowest BCUT2D eigenvalue weighted by atomic mass is 10.2. The van der Waals surface area contributed by atoms with Gasteiger partial charge in [-0.25, -0.2) is 4.79 Å². The molecule has 0 aliphatic rings. The maximum Gasteiger partial charge on any atom is 0.330 e. The smallest absolute Gasteiger partial charge is 0.330 e. The van der Waals surface area contributed by atoms with Gasteiger partial charge in [-0.15, -0.1) is 0 Å². The normalized spacial score (nSPS) is 10.8. The number of methoxy groups -OCH3 is 1. The Hall–Kier alpha value is -2.53. The van der Waals surface area contributed by atoms with Gasteiger partial charge in [-0.3, -0.25) is 4.98 Å². The van der Waals surface area contributed by atoms with E-state index in [2.05, 4.69) is 4.98 Å². The van der Waals surface area contributed by atoms with Crippen LogP contribution in [0.25, 0.3) is 6.08 Å². The molecule has 27 heavy (non-hydrogen) atoms. The average Bonchev–Trinajstić information content (AvgIpc) is 2.69. The molecule has 0 unspecified atom stereocenters. The summed E-state index contributed by atoms with van der Waals surface area (Å²) in [6.45, 7) is 2.92. The fraction of sp³-hybridized carbons (Fsp3) is 0.333. The molecule has 5 nitrogen and oxygen atoms in total. The van der Waals surface area contributed by atoms with E-state index in [1.807, 2.05) is 25.3 Å². The van der Waals surface area contributed by atoms with Crippen LogP contribution >= 0.6 is 11.6 Å². The van der Waals surface area contributed by atoms with Gasteiger partial charge in [0.25, 0.3) is 0 Å². The minimum atomic E-state index is -0.400. The highest BCUT2D eigenvalue weighted by molar-refractivity contribution is 6.32. The van der Waals surface area contributed by atoms with E-state index >= 15 is 0 Å². The van der Waals surface area contributed by atoms with Gasteiger partial charge >= 0.3 is 5.97 Å². The molecule has 0 amide bonds. The molecule has 1 aromatic heterocycles. The maximum absolute atomic E-state index is 11.9. The Bertz CT molecular complexity index is 762. The number of aromatic nitrogens is 1. The van der Waals surface area contributed by atoms with E-state index in [-0.39, 0.29) is 0 Å². The van der Waals surface area contributed by atoms with Crippen molar-refractivity contribution in [1.29, 1.82) is 0 Å². The van der Waals surface area contributed by atoms with Gasteiger partial charge in [-0.05, 0) is 54.7 Å². The molecule has 0 saturated heterocycles. The van der Waals surface area contributed by atoms with Crippen LogP contribution in [0.4, 0.5) is 0 Å². The predicted molar refractivity (Wildman–Crippen MR) is 106 cm³/mol. The SMILES string of the molecule is CCCOc1c(Cl)cc(/C=C/C(=O)OCCCc2cccnc2)cc1OC. The summed E-state index contributed by atoms with van der Waals surface area (Å²) >= 11 is 6.26. The maximum atomic E-state index is 11.9. The first-order chi connectivity index (χ1) is 13.1. The van der Waals surface area contributed by atoms with Crippen LogP contribution in [0, 0.1) is 0 Å². The number of carbonyl (C=O) groups excluding carboxylic acids is 1. The first-order valence-electron chi connectivity index (χ1n) is 8.88. The molecule has 0 bridgehead atoms. The second kappa shape index (κ2) is 11.2. The van der Waals surface area contributed by atoms with Crippen molar-refractivity contribution in [2.75, 3.05) is 20.3 Å². The highest BCUT2D eigenvalue weighted by Crippen LogP contribution is 2.36. The lowest BCUT2D eigenvalue weighted by Gasteiger charge is -2.12. The molecule has 1 aromatic carbocycles. The molecular weight excluding hydrogens is 366 g/mol. The quantitative estimate of drug-likeness (QED) is 0.334. The van der Waals surface area contributed by atoms with Crippen molar-refractivity contribution in [2.45, 2.75) is 26.2 Å². The summed E-state index contributed by atoms with van der Waals surface area (Å²) < 4.78 is 16.2. The van der Waals surface area contributed by atoms with Crippen LogP contribution in [0.5, 0.6) is 11.5 Å². The second-order valence-electron chi connectivity index (χ2n) is 5.85. The first kappa shape index (κ1) is 20.8. The van der Waals surface area contributed by atoms with Gasteiger partial charge in [0.15, 0.2) is 11.5 Å². The number of aryl methyl sites for hydroxylation is 1. The Morgan fingerprint density at radius 1 is 1.30 bits per heavy atom. The fourth-order valence-corrected chi connectivity index (χ4v) is 2.66. The molecule has 1 heterocycles. The van der Waals surface area contributed by atoms with Gasteiger partial charge in [-0.1, -0.05) is 24.6 Å². The van der Waals surface area contributed by atoms with E-state index < -0.39 is 5.97 Å². The van der Waals surface area contributed by atoms with E-state index in [4.69, 9.17) is 25.8 Å². The van der Waals surface area contributed by atoms with Gasteiger partial charge in [0.05, 0.1) is 25.3 Å². The summed E-state index contributed by atoms with van der Waals surface area (Å²) in [5.41, 5.74) is 1.85. The molecule has 0 aliphatic heterocycles. The Kier molecular flexibility index (Phi) is 8.65. The van der Waals surface area contributed by atoms with Crippen molar-refractivity contribution < 1.29 is 19.0 Å². The summed E-state index contributed by atoms with van der Waals surface area (Å²) in [6, 6.07) is 7.38. The minimum Gasteiger partial charge on any atom is -0.493 e. The molecule has 2 rings (SSSR count). The number of rotatable bonds is 10. The summed E-state index contributed by atoms with van der Waals surface area (Å²) in [4.78, 5) is 15.9. The Morgan fingerprint density at radius 2 is 2.15 bits per heavy atom. The van der Waals surface area contributed by atoms with Crippen LogP contribution in [0.1, 0.15) is 30.9 Å². The lowest BCUT2D eigenvalue weighted by molar-refractivity contribution is -0.137. The summed E-state index contributed by atoms with van der Waals surface area (Å²) in [6.07, 6.45) is 8.99. The lowest BCUT2D eigenvalue weighted by Crippen LogP contribution is -2.03. The number of carbonyl (C=O) groups is 1. The highest BCUT2D eigenvalue weighted by Gasteiger charge is 2.11. The standard InChI is InChI=1S/C21H24ClNO4/c1-3-11-27-21-18(22)13-17(14-19(21)25-2)8-9-20(24)26-12-5-7-16-6-4-10-23-15-16/h4,6,8-10,13-15H,3,5,7,11-12H2,1-2H3/b9-8+. The van der Waals surface area contributed by atoms with E-state index in [9.17, 15) is 4.79 Å². The van der Waals surface area contributed by atoms with Crippen LogP contribution in [-0.2, 0) is 16.0 Å². The molecule has 6 heteroatoms. The number of hydrogen-bond donors (Lipinski definition) is 0. The molecule has 0 N–H and O–H groups in total. The number of benzene rings is 1. The summed E-state index contributed by atoms with van der Waals surface area (Å²) in [7, 11) is 1.55. The molecule has 0 saturated carbocycles. The Balaban J connectivity index is 1.86. The van der Waals surface area contributed by atoms with Gasteiger partial charge in [0.1, 0.15) is 0 Å². The van der Waals surface area contributed by atoms with E-state index in [0.29, 0.717) is 29.7 Å². The molecule has 2 aromatic rings. The monoisotopic (exact) mass is 389 g/mol. The number of hydrogen-bond acceptors (Lipinski definition) is 5. The van der Waals surface area contributed by atoms with Crippen molar-refractivity contribution in [3.05, 3.63) is 58.9 Å². The largest absolute Gasteiger partial charge is 0.493 e. The topological polar surface area (TPSA) is 57.7 Å². The van der Waals surface area contributed by atoms with Crippen molar-refractivity contribution in [2.24, 2.45) is 0 Å². The average molecular weight is 390 g/mol. The van der Waals surface area contributed by atoms with Crippen molar-refractivity contribution in [3.8, 4) is 11.5 Å². The fourth-order valence-electron chi connectivity index (χ4n) is 2.39. The van der Waals surface area contributed by atoms with Gasteiger partial charge in [-0.2, -0.15) is 0 Å². The molecule has 144 valence electrons. The van der Waals surface area contributed by atoms with Crippen LogP contribution in [0.15, 0.2) is 42.7 Å². The van der Waals surface area contributed by atoms with Crippen LogP contribution in [0.3, 0.4) is 0 Å². The number of esters is 1. The molecule has 0 aliphatic carbocycles. The van der Waals surface area contributed by atoms with Crippen LogP contribution in [-0.4, -0.2) is 31.3 Å². The van der Waals surface area contributed by atoms with Crippen LogP contribution < -0.4 is 9.47 Å². The minimum absolute atomic E-state index is 0.353. The molecule has 0 radical (unpaired) electrons. The zero-order valence-corrected chi connectivity index (χ0v) is 16.4. The van der Waals surface area contributed by atoms with E-state index in [1.165, 1.54) is 6.08 Å². The van der Waals surface area contributed by atoms with E-state index in [0.717, 1.165) is 30.4 Å². The van der Waals surface area contributed by atoms with E-state index in [1.54, 1.807) is 31.5 Å². The van der Waals surface area contributed by atoms with Crippen LogP contribution in [0.2, 0.25) is 5.02 Å².